The van der Waals surface area contributed by atoms with Gasteiger partial charge in [0.15, 0.2) is 11.6 Å². The Hall–Kier alpha value is -3.77. The molecule has 25 heavy (non-hydrogen) atoms. The molecule has 1 heterocycles. The molecule has 0 fully saturated rings. The van der Waals surface area contributed by atoms with Crippen molar-refractivity contribution >= 4 is 5.82 Å². The van der Waals surface area contributed by atoms with E-state index in [1.54, 1.807) is 30.3 Å². The average Bonchev–Trinajstić information content (AvgIpc) is 2.63. The van der Waals surface area contributed by atoms with Crippen LogP contribution in [0.4, 0.5) is 14.6 Å². The lowest BCUT2D eigenvalue weighted by Gasteiger charge is -2.10. The molecular formula is C19H10F2N4. The zero-order valence-corrected chi connectivity index (χ0v) is 12.8. The maximum absolute atomic E-state index is 13.6. The number of nitrogens with two attached hydrogens (primary N) is 1. The molecule has 3 rings (SSSR count). The van der Waals surface area contributed by atoms with Crippen molar-refractivity contribution in [2.24, 2.45) is 0 Å². The number of hydrogen-bond donors (Lipinski definition) is 1. The fourth-order valence-corrected chi connectivity index (χ4v) is 2.44. The van der Waals surface area contributed by atoms with Crippen molar-refractivity contribution < 1.29 is 8.78 Å². The Morgan fingerprint density at radius 1 is 0.840 bits per heavy atom. The highest BCUT2D eigenvalue weighted by Crippen LogP contribution is 2.32. The molecular weight excluding hydrogens is 322 g/mol. The first-order valence-corrected chi connectivity index (χ1v) is 7.20. The lowest BCUT2D eigenvalue weighted by Crippen LogP contribution is -2.00. The summed E-state index contributed by atoms with van der Waals surface area (Å²) in [7, 11) is 0. The van der Waals surface area contributed by atoms with Crippen molar-refractivity contribution in [3.8, 4) is 34.5 Å². The van der Waals surface area contributed by atoms with Gasteiger partial charge in [-0.05, 0) is 35.9 Å². The van der Waals surface area contributed by atoms with E-state index in [-0.39, 0.29) is 11.4 Å². The lowest BCUT2D eigenvalue weighted by molar-refractivity contribution is 0.509. The maximum Gasteiger partial charge on any atom is 0.159 e. The molecule has 0 spiro atoms. The van der Waals surface area contributed by atoms with E-state index in [1.165, 1.54) is 6.07 Å². The summed E-state index contributed by atoms with van der Waals surface area (Å²) in [5.74, 6) is -2.00. The molecule has 0 amide bonds. The van der Waals surface area contributed by atoms with Crippen molar-refractivity contribution in [3.05, 3.63) is 71.3 Å². The molecule has 2 aromatic carbocycles. The van der Waals surface area contributed by atoms with Gasteiger partial charge in [0.1, 0.15) is 17.5 Å². The van der Waals surface area contributed by atoms with Crippen LogP contribution in [0.15, 0.2) is 48.5 Å². The number of benzene rings is 2. The molecule has 3 aromatic rings. The van der Waals surface area contributed by atoms with Crippen molar-refractivity contribution in [3.63, 3.8) is 0 Å². The maximum atomic E-state index is 13.6. The van der Waals surface area contributed by atoms with Gasteiger partial charge in [-0.3, -0.25) is 0 Å². The summed E-state index contributed by atoms with van der Waals surface area (Å²) in [4.78, 5) is 4.20. The van der Waals surface area contributed by atoms with Crippen molar-refractivity contribution in [2.45, 2.75) is 0 Å². The molecule has 4 nitrogen and oxygen atoms in total. The second-order valence-electron chi connectivity index (χ2n) is 5.25. The van der Waals surface area contributed by atoms with Crippen LogP contribution in [-0.2, 0) is 0 Å². The van der Waals surface area contributed by atoms with Crippen molar-refractivity contribution in [2.75, 3.05) is 5.73 Å². The second kappa shape index (κ2) is 6.38. The third-order valence-electron chi connectivity index (χ3n) is 3.70. The fourth-order valence-electron chi connectivity index (χ4n) is 2.44. The Balaban J connectivity index is 2.20. The smallest absolute Gasteiger partial charge is 0.159 e. The summed E-state index contributed by atoms with van der Waals surface area (Å²) < 4.78 is 26.8. The topological polar surface area (TPSA) is 86.5 Å². The minimum atomic E-state index is -1.02. The van der Waals surface area contributed by atoms with Gasteiger partial charge in [0.25, 0.3) is 0 Å². The number of rotatable bonds is 2. The monoisotopic (exact) mass is 332 g/mol. The van der Waals surface area contributed by atoms with Gasteiger partial charge >= 0.3 is 0 Å². The number of hydrogen-bond acceptors (Lipinski definition) is 4. The Kier molecular flexibility index (Phi) is 4.11. The van der Waals surface area contributed by atoms with Gasteiger partial charge in [-0.1, -0.05) is 18.2 Å². The van der Waals surface area contributed by atoms with Crippen LogP contribution in [0.1, 0.15) is 11.1 Å². The quantitative estimate of drug-likeness (QED) is 0.768. The minimum absolute atomic E-state index is 0.0101. The molecule has 0 saturated carbocycles. The molecule has 0 radical (unpaired) electrons. The number of nitrogens with zero attached hydrogens (tertiary/aromatic N) is 3. The van der Waals surface area contributed by atoms with E-state index < -0.39 is 11.6 Å². The third-order valence-corrected chi connectivity index (χ3v) is 3.70. The highest BCUT2D eigenvalue weighted by molar-refractivity contribution is 5.80. The number of halogens is 2. The van der Waals surface area contributed by atoms with Crippen LogP contribution in [0.3, 0.4) is 0 Å². The number of aromatic nitrogens is 1. The van der Waals surface area contributed by atoms with E-state index >= 15 is 0 Å². The standard InChI is InChI=1S/C19H10F2N4/c20-16-6-5-13(7-17(16)21)14-8-18(25-19(24)15(14)10-23)12-3-1-11(9-22)2-4-12/h1-8H,(H2,24,25). The molecule has 0 bridgehead atoms. The van der Waals surface area contributed by atoms with Crippen LogP contribution in [0.2, 0.25) is 0 Å². The Bertz CT molecular complexity index is 1040. The van der Waals surface area contributed by atoms with Gasteiger partial charge in [-0.25, -0.2) is 13.8 Å². The molecule has 0 aliphatic rings. The number of nitriles is 2. The number of nitrogen functional groups attached to an aromatic ring is 1. The van der Waals surface area contributed by atoms with E-state index in [2.05, 4.69) is 4.98 Å². The molecule has 6 heteroatoms. The minimum Gasteiger partial charge on any atom is -0.383 e. The van der Waals surface area contributed by atoms with Crippen LogP contribution in [0, 0.1) is 34.3 Å². The Labute approximate surface area is 142 Å². The van der Waals surface area contributed by atoms with E-state index in [1.807, 2.05) is 12.1 Å². The predicted octanol–water partition coefficient (Wildman–Crippen LogP) is 4.02. The largest absolute Gasteiger partial charge is 0.383 e. The molecule has 0 unspecified atom stereocenters. The molecule has 0 aliphatic carbocycles. The summed E-state index contributed by atoms with van der Waals surface area (Å²) in [6.07, 6.45) is 0. The van der Waals surface area contributed by atoms with Gasteiger partial charge in [0, 0.05) is 11.1 Å². The molecule has 0 saturated heterocycles. The second-order valence-corrected chi connectivity index (χ2v) is 5.25. The van der Waals surface area contributed by atoms with E-state index in [0.717, 1.165) is 12.1 Å². The Morgan fingerprint density at radius 2 is 1.52 bits per heavy atom. The van der Waals surface area contributed by atoms with Gasteiger partial charge in [-0.2, -0.15) is 10.5 Å². The van der Waals surface area contributed by atoms with E-state index in [0.29, 0.717) is 27.9 Å². The highest BCUT2D eigenvalue weighted by atomic mass is 19.2. The van der Waals surface area contributed by atoms with Crippen LogP contribution >= 0.6 is 0 Å². The molecule has 0 aliphatic heterocycles. The normalized spacial score (nSPS) is 10.1. The summed E-state index contributed by atoms with van der Waals surface area (Å²) in [6.45, 7) is 0. The number of anilines is 1. The van der Waals surface area contributed by atoms with Gasteiger partial charge in [0.2, 0.25) is 0 Å². The van der Waals surface area contributed by atoms with Crippen LogP contribution in [0.5, 0.6) is 0 Å². The van der Waals surface area contributed by atoms with Gasteiger partial charge in [-0.15, -0.1) is 0 Å². The van der Waals surface area contributed by atoms with Crippen LogP contribution < -0.4 is 5.73 Å². The van der Waals surface area contributed by atoms with E-state index in [4.69, 9.17) is 11.0 Å². The molecule has 120 valence electrons. The average molecular weight is 332 g/mol. The third kappa shape index (κ3) is 3.01. The zero-order chi connectivity index (χ0) is 18.0. The number of pyridine rings is 1. The fraction of sp³-hybridized carbons (Fsp3) is 0. The summed E-state index contributed by atoms with van der Waals surface area (Å²) >= 11 is 0. The summed E-state index contributed by atoms with van der Waals surface area (Å²) in [5.41, 5.74) is 8.27. The molecule has 2 N–H and O–H groups in total. The van der Waals surface area contributed by atoms with E-state index in [9.17, 15) is 14.0 Å². The molecule has 1 aromatic heterocycles. The highest BCUT2D eigenvalue weighted by Gasteiger charge is 2.15. The SMILES string of the molecule is N#Cc1ccc(-c2cc(-c3ccc(F)c(F)c3)c(C#N)c(N)n2)cc1. The van der Waals surface area contributed by atoms with Crippen molar-refractivity contribution in [1.82, 2.24) is 4.98 Å². The van der Waals surface area contributed by atoms with Crippen LogP contribution in [-0.4, -0.2) is 4.98 Å². The summed E-state index contributed by atoms with van der Waals surface area (Å²) in [5, 5.41) is 18.2. The summed E-state index contributed by atoms with van der Waals surface area (Å²) in [6, 6.07) is 15.6. The first kappa shape index (κ1) is 16.1. The lowest BCUT2D eigenvalue weighted by atomic mass is 9.98. The first-order chi connectivity index (χ1) is 12.0. The molecule has 0 atom stereocenters. The first-order valence-electron chi connectivity index (χ1n) is 7.20. The van der Waals surface area contributed by atoms with Crippen molar-refractivity contribution in [1.29, 1.82) is 10.5 Å². The predicted molar refractivity (Wildman–Crippen MR) is 88.9 cm³/mol. The van der Waals surface area contributed by atoms with Gasteiger partial charge in [0.05, 0.1) is 17.3 Å². The zero-order valence-electron chi connectivity index (χ0n) is 12.8. The Morgan fingerprint density at radius 3 is 2.12 bits per heavy atom. The van der Waals surface area contributed by atoms with Crippen LogP contribution in [0.25, 0.3) is 22.4 Å². The van der Waals surface area contributed by atoms with Gasteiger partial charge < -0.3 is 5.73 Å².